The summed E-state index contributed by atoms with van der Waals surface area (Å²) in [5, 5.41) is 0. The molecular weight excluding hydrogens is 293 g/mol. The third-order valence-corrected chi connectivity index (χ3v) is 3.60. The predicted molar refractivity (Wildman–Crippen MR) is 91.4 cm³/mol. The Morgan fingerprint density at radius 1 is 1.30 bits per heavy atom. The van der Waals surface area contributed by atoms with E-state index in [1.807, 2.05) is 13.1 Å². The molecule has 120 valence electrons. The molecule has 0 fully saturated rings. The van der Waals surface area contributed by atoms with Crippen molar-refractivity contribution in [3.05, 3.63) is 54.0 Å². The number of anilines is 1. The molecule has 1 aromatic carbocycles. The zero-order chi connectivity index (χ0) is 17.0. The van der Waals surface area contributed by atoms with E-state index in [1.54, 1.807) is 24.4 Å². The van der Waals surface area contributed by atoms with Gasteiger partial charge in [0.05, 0.1) is 11.4 Å². The maximum atomic E-state index is 13.1. The second kappa shape index (κ2) is 7.05. The fourth-order valence-corrected chi connectivity index (χ4v) is 2.12. The first-order valence-corrected chi connectivity index (χ1v) is 7.35. The average molecular weight is 313 g/mol. The standard InChI is InChI=1S/C18H20FN3O/c1-12(2)22(3)16-10-13(4-9-17(20)23)11-21-18(16)14-5-7-15(19)8-6-14/h4-12H,1-3H3,(H2,20,23). The minimum Gasteiger partial charge on any atom is -0.370 e. The molecule has 0 radical (unpaired) electrons. The van der Waals surface area contributed by atoms with Crippen LogP contribution in [0.1, 0.15) is 19.4 Å². The van der Waals surface area contributed by atoms with Gasteiger partial charge in [-0.1, -0.05) is 0 Å². The van der Waals surface area contributed by atoms with Crippen LogP contribution in [-0.4, -0.2) is 24.0 Å². The van der Waals surface area contributed by atoms with Crippen molar-refractivity contribution in [3.8, 4) is 11.3 Å². The van der Waals surface area contributed by atoms with Gasteiger partial charge in [-0.25, -0.2) is 4.39 Å². The van der Waals surface area contributed by atoms with Crippen molar-refractivity contribution in [3.63, 3.8) is 0 Å². The highest BCUT2D eigenvalue weighted by atomic mass is 19.1. The molecule has 1 amide bonds. The molecular formula is C18H20FN3O. The fraction of sp³-hybridized carbons (Fsp3) is 0.222. The first-order valence-electron chi connectivity index (χ1n) is 7.35. The van der Waals surface area contributed by atoms with E-state index < -0.39 is 5.91 Å². The lowest BCUT2D eigenvalue weighted by Crippen LogP contribution is -2.26. The van der Waals surface area contributed by atoms with Gasteiger partial charge in [0.2, 0.25) is 5.91 Å². The SMILES string of the molecule is CC(C)N(C)c1cc(C=CC(N)=O)cnc1-c1ccc(F)cc1. The Labute approximate surface area is 135 Å². The predicted octanol–water partition coefficient (Wildman–Crippen LogP) is 3.23. The Kier molecular flexibility index (Phi) is 5.11. The lowest BCUT2D eigenvalue weighted by atomic mass is 10.1. The number of aromatic nitrogens is 1. The lowest BCUT2D eigenvalue weighted by molar-refractivity contribution is -0.113. The van der Waals surface area contributed by atoms with Crippen molar-refractivity contribution < 1.29 is 9.18 Å². The summed E-state index contributed by atoms with van der Waals surface area (Å²) in [6.07, 6.45) is 4.59. The van der Waals surface area contributed by atoms with Gasteiger partial charge >= 0.3 is 0 Å². The Bertz CT molecular complexity index is 724. The average Bonchev–Trinajstić information content (AvgIpc) is 2.52. The second-order valence-electron chi connectivity index (χ2n) is 5.58. The van der Waals surface area contributed by atoms with Crippen LogP contribution in [0.4, 0.5) is 10.1 Å². The largest absolute Gasteiger partial charge is 0.370 e. The number of hydrogen-bond donors (Lipinski definition) is 1. The number of pyridine rings is 1. The van der Waals surface area contributed by atoms with Gasteiger partial charge in [-0.05, 0) is 55.8 Å². The molecule has 2 aromatic rings. The summed E-state index contributed by atoms with van der Waals surface area (Å²) in [5.74, 6) is -0.792. The van der Waals surface area contributed by atoms with E-state index >= 15 is 0 Å². The third-order valence-electron chi connectivity index (χ3n) is 3.60. The van der Waals surface area contributed by atoms with Crippen molar-refractivity contribution in [1.29, 1.82) is 0 Å². The summed E-state index contributed by atoms with van der Waals surface area (Å²) in [6.45, 7) is 4.14. The minimum absolute atomic E-state index is 0.256. The van der Waals surface area contributed by atoms with Crippen molar-refractivity contribution in [1.82, 2.24) is 4.98 Å². The molecule has 0 aliphatic heterocycles. The summed E-state index contributed by atoms with van der Waals surface area (Å²) in [6, 6.07) is 8.42. The number of hydrogen-bond acceptors (Lipinski definition) is 3. The van der Waals surface area contributed by atoms with E-state index in [2.05, 4.69) is 23.7 Å². The van der Waals surface area contributed by atoms with Crippen LogP contribution in [0.15, 0.2) is 42.6 Å². The maximum Gasteiger partial charge on any atom is 0.241 e. The minimum atomic E-state index is -0.508. The molecule has 0 aliphatic rings. The molecule has 0 spiro atoms. The highest BCUT2D eigenvalue weighted by molar-refractivity contribution is 5.90. The smallest absolute Gasteiger partial charge is 0.241 e. The van der Waals surface area contributed by atoms with Crippen molar-refractivity contribution >= 4 is 17.7 Å². The number of primary amides is 1. The molecule has 0 saturated carbocycles. The second-order valence-corrected chi connectivity index (χ2v) is 5.58. The number of carbonyl (C=O) groups is 1. The molecule has 4 nitrogen and oxygen atoms in total. The lowest BCUT2D eigenvalue weighted by Gasteiger charge is -2.26. The quantitative estimate of drug-likeness (QED) is 0.862. The van der Waals surface area contributed by atoms with Gasteiger partial charge < -0.3 is 10.6 Å². The fourth-order valence-electron chi connectivity index (χ4n) is 2.12. The number of carbonyl (C=O) groups excluding carboxylic acids is 1. The number of benzene rings is 1. The summed E-state index contributed by atoms with van der Waals surface area (Å²) in [4.78, 5) is 17.5. The molecule has 2 rings (SSSR count). The Balaban J connectivity index is 2.52. The van der Waals surface area contributed by atoms with Gasteiger partial charge in [-0.3, -0.25) is 9.78 Å². The molecule has 1 aromatic heterocycles. The van der Waals surface area contributed by atoms with Crippen LogP contribution in [0.5, 0.6) is 0 Å². The van der Waals surface area contributed by atoms with Gasteiger partial charge in [-0.15, -0.1) is 0 Å². The highest BCUT2D eigenvalue weighted by Gasteiger charge is 2.14. The molecule has 23 heavy (non-hydrogen) atoms. The number of nitrogens with two attached hydrogens (primary N) is 1. The van der Waals surface area contributed by atoms with Crippen molar-refractivity contribution in [2.24, 2.45) is 5.73 Å². The Morgan fingerprint density at radius 2 is 1.96 bits per heavy atom. The molecule has 0 unspecified atom stereocenters. The van der Waals surface area contributed by atoms with Crippen LogP contribution in [0.25, 0.3) is 17.3 Å². The van der Waals surface area contributed by atoms with Gasteiger partial charge in [-0.2, -0.15) is 0 Å². The normalized spacial score (nSPS) is 11.2. The molecule has 0 saturated heterocycles. The molecule has 2 N–H and O–H groups in total. The highest BCUT2D eigenvalue weighted by Crippen LogP contribution is 2.30. The third kappa shape index (κ3) is 4.16. The van der Waals surface area contributed by atoms with Crippen LogP contribution in [0.3, 0.4) is 0 Å². The molecule has 0 bridgehead atoms. The van der Waals surface area contributed by atoms with E-state index in [0.29, 0.717) is 0 Å². The summed E-state index contributed by atoms with van der Waals surface area (Å²) < 4.78 is 13.1. The van der Waals surface area contributed by atoms with E-state index in [-0.39, 0.29) is 11.9 Å². The van der Waals surface area contributed by atoms with E-state index in [0.717, 1.165) is 22.5 Å². The van der Waals surface area contributed by atoms with Gasteiger partial charge in [0.15, 0.2) is 0 Å². The van der Waals surface area contributed by atoms with Crippen LogP contribution in [-0.2, 0) is 4.79 Å². The van der Waals surface area contributed by atoms with Crippen molar-refractivity contribution in [2.75, 3.05) is 11.9 Å². The van der Waals surface area contributed by atoms with Crippen molar-refractivity contribution in [2.45, 2.75) is 19.9 Å². The van der Waals surface area contributed by atoms with E-state index in [1.165, 1.54) is 18.2 Å². The topological polar surface area (TPSA) is 59.2 Å². The van der Waals surface area contributed by atoms with Gasteiger partial charge in [0.25, 0.3) is 0 Å². The molecule has 1 heterocycles. The van der Waals surface area contributed by atoms with Gasteiger partial charge in [0.1, 0.15) is 5.82 Å². The first-order chi connectivity index (χ1) is 10.9. The first kappa shape index (κ1) is 16.7. The van der Waals surface area contributed by atoms with Crippen LogP contribution in [0, 0.1) is 5.82 Å². The Morgan fingerprint density at radius 3 is 2.52 bits per heavy atom. The van der Waals surface area contributed by atoms with Crippen LogP contribution < -0.4 is 10.6 Å². The number of halogens is 1. The summed E-state index contributed by atoms with van der Waals surface area (Å²) in [7, 11) is 1.97. The Hall–Kier alpha value is -2.69. The van der Waals surface area contributed by atoms with Crippen LogP contribution >= 0.6 is 0 Å². The zero-order valence-corrected chi connectivity index (χ0v) is 13.5. The number of rotatable bonds is 5. The monoisotopic (exact) mass is 313 g/mol. The zero-order valence-electron chi connectivity index (χ0n) is 13.5. The van der Waals surface area contributed by atoms with E-state index in [9.17, 15) is 9.18 Å². The van der Waals surface area contributed by atoms with E-state index in [4.69, 9.17) is 5.73 Å². The van der Waals surface area contributed by atoms with Gasteiger partial charge in [0, 0.05) is 30.9 Å². The molecule has 5 heteroatoms. The summed E-state index contributed by atoms with van der Waals surface area (Å²) >= 11 is 0. The number of amides is 1. The summed E-state index contributed by atoms with van der Waals surface area (Å²) in [5.41, 5.74) is 8.40. The molecule has 0 atom stereocenters. The van der Waals surface area contributed by atoms with Crippen LogP contribution in [0.2, 0.25) is 0 Å². The molecule has 0 aliphatic carbocycles. The number of nitrogens with zero attached hydrogens (tertiary/aromatic N) is 2. The maximum absolute atomic E-state index is 13.1.